The second-order valence-electron chi connectivity index (χ2n) is 5.93. The number of hydrogen-bond acceptors (Lipinski definition) is 3. The monoisotopic (exact) mass is 256 g/mol. The summed E-state index contributed by atoms with van der Waals surface area (Å²) < 4.78 is 6.08. The highest BCUT2D eigenvalue weighted by atomic mass is 16.5. The predicted octanol–water partition coefficient (Wildman–Crippen LogP) is 2.95. The van der Waals surface area contributed by atoms with Gasteiger partial charge in [0.25, 0.3) is 0 Å². The molecule has 0 aromatic heterocycles. The Kier molecular flexibility index (Phi) is 6.09. The van der Waals surface area contributed by atoms with E-state index in [1.54, 1.807) is 0 Å². The van der Waals surface area contributed by atoms with Gasteiger partial charge in [-0.05, 0) is 40.5 Å². The Morgan fingerprint density at radius 1 is 0.889 bits per heavy atom. The van der Waals surface area contributed by atoms with Gasteiger partial charge in [-0.3, -0.25) is 4.90 Å². The molecule has 2 saturated heterocycles. The Hall–Kier alpha value is -0.120. The normalized spacial score (nSPS) is 24.7. The molecular weight excluding hydrogens is 224 g/mol. The van der Waals surface area contributed by atoms with Crippen molar-refractivity contribution in [2.24, 2.45) is 0 Å². The fourth-order valence-corrected chi connectivity index (χ4v) is 2.76. The molecule has 0 aromatic rings. The highest BCUT2D eigenvalue weighted by molar-refractivity contribution is 4.94. The Morgan fingerprint density at radius 2 is 1.39 bits per heavy atom. The minimum atomic E-state index is 0.176. The molecular formula is C15H32N2O. The molecule has 2 rings (SSSR count). The summed E-state index contributed by atoms with van der Waals surface area (Å²) in [6, 6.07) is 1.29. The predicted molar refractivity (Wildman–Crippen MR) is 77.8 cm³/mol. The fourth-order valence-electron chi connectivity index (χ4n) is 2.76. The zero-order valence-corrected chi connectivity index (χ0v) is 13.2. The van der Waals surface area contributed by atoms with Crippen LogP contribution >= 0.6 is 0 Å². The largest absolute Gasteiger partial charge is 0.358 e. The van der Waals surface area contributed by atoms with Crippen molar-refractivity contribution >= 4 is 0 Å². The van der Waals surface area contributed by atoms with Gasteiger partial charge in [-0.15, -0.1) is 0 Å². The summed E-state index contributed by atoms with van der Waals surface area (Å²) in [4.78, 5) is 5.01. The highest BCUT2D eigenvalue weighted by Crippen LogP contribution is 2.33. The average Bonchev–Trinajstić information content (AvgIpc) is 2.77. The summed E-state index contributed by atoms with van der Waals surface area (Å²) in [5.74, 6) is 0. The smallest absolute Gasteiger partial charge is 0.100 e. The van der Waals surface area contributed by atoms with Gasteiger partial charge in [0.05, 0.1) is 5.60 Å². The van der Waals surface area contributed by atoms with Crippen LogP contribution in [0.1, 0.15) is 54.4 Å². The molecule has 0 unspecified atom stereocenters. The Morgan fingerprint density at radius 3 is 1.78 bits per heavy atom. The first kappa shape index (κ1) is 15.9. The van der Waals surface area contributed by atoms with E-state index >= 15 is 0 Å². The lowest BCUT2D eigenvalue weighted by atomic mass is 9.90. The molecule has 0 atom stereocenters. The molecule has 108 valence electrons. The Labute approximate surface area is 113 Å². The first-order valence-corrected chi connectivity index (χ1v) is 7.64. The van der Waals surface area contributed by atoms with Crippen molar-refractivity contribution in [3.8, 4) is 0 Å². The molecule has 0 amide bonds. The van der Waals surface area contributed by atoms with Crippen molar-refractivity contribution in [3.05, 3.63) is 0 Å². The molecule has 0 N–H and O–H groups in total. The summed E-state index contributed by atoms with van der Waals surface area (Å²) in [5, 5.41) is 0. The first-order valence-electron chi connectivity index (χ1n) is 7.64. The van der Waals surface area contributed by atoms with E-state index in [0.717, 1.165) is 13.3 Å². The number of ether oxygens (including phenoxy) is 1. The van der Waals surface area contributed by atoms with E-state index in [9.17, 15) is 0 Å². The van der Waals surface area contributed by atoms with Crippen molar-refractivity contribution in [2.45, 2.75) is 72.1 Å². The van der Waals surface area contributed by atoms with Gasteiger partial charge in [0.1, 0.15) is 6.73 Å². The van der Waals surface area contributed by atoms with Gasteiger partial charge in [0.15, 0.2) is 0 Å². The van der Waals surface area contributed by atoms with Crippen LogP contribution in [0.25, 0.3) is 0 Å². The van der Waals surface area contributed by atoms with Crippen molar-refractivity contribution in [1.29, 1.82) is 0 Å². The molecule has 3 nitrogen and oxygen atoms in total. The third kappa shape index (κ3) is 3.69. The molecule has 1 spiro atoms. The Bertz CT molecular complexity index is 233. The van der Waals surface area contributed by atoms with Gasteiger partial charge in [0.2, 0.25) is 0 Å². The average molecular weight is 256 g/mol. The van der Waals surface area contributed by atoms with Crippen LogP contribution in [0.2, 0.25) is 0 Å². The van der Waals surface area contributed by atoms with Gasteiger partial charge < -0.3 is 9.64 Å². The molecule has 18 heavy (non-hydrogen) atoms. The van der Waals surface area contributed by atoms with Crippen molar-refractivity contribution in [3.63, 3.8) is 0 Å². The summed E-state index contributed by atoms with van der Waals surface area (Å²) in [5.41, 5.74) is 0.176. The molecule has 0 saturated carbocycles. The van der Waals surface area contributed by atoms with Crippen LogP contribution < -0.4 is 0 Å². The van der Waals surface area contributed by atoms with Gasteiger partial charge in [-0.1, -0.05) is 13.8 Å². The third-order valence-electron chi connectivity index (χ3n) is 4.20. The maximum absolute atomic E-state index is 6.08. The van der Waals surface area contributed by atoms with Gasteiger partial charge in [-0.2, -0.15) is 0 Å². The quantitative estimate of drug-likeness (QED) is 0.755. The van der Waals surface area contributed by atoms with Crippen LogP contribution in [0.5, 0.6) is 0 Å². The van der Waals surface area contributed by atoms with Crippen LogP contribution in [0.15, 0.2) is 0 Å². The van der Waals surface area contributed by atoms with Crippen LogP contribution in [0.4, 0.5) is 0 Å². The van der Waals surface area contributed by atoms with Crippen LogP contribution in [-0.4, -0.2) is 53.8 Å². The van der Waals surface area contributed by atoms with E-state index < -0.39 is 0 Å². The second-order valence-corrected chi connectivity index (χ2v) is 5.93. The maximum atomic E-state index is 6.08. The molecule has 2 fully saturated rings. The number of rotatable bonds is 2. The lowest BCUT2D eigenvalue weighted by Gasteiger charge is -2.40. The van der Waals surface area contributed by atoms with E-state index in [-0.39, 0.29) is 5.60 Å². The zero-order chi connectivity index (χ0) is 13.8. The number of piperidine rings is 1. The topological polar surface area (TPSA) is 15.7 Å². The minimum Gasteiger partial charge on any atom is -0.358 e. The molecule has 0 radical (unpaired) electrons. The summed E-state index contributed by atoms with van der Waals surface area (Å²) >= 11 is 0. The molecule has 3 heteroatoms. The number of likely N-dealkylation sites (tertiary alicyclic amines) is 1. The van der Waals surface area contributed by atoms with E-state index in [4.69, 9.17) is 4.74 Å². The minimum absolute atomic E-state index is 0.176. The first-order chi connectivity index (χ1) is 8.52. The van der Waals surface area contributed by atoms with Crippen LogP contribution in [0.3, 0.4) is 0 Å². The lowest BCUT2D eigenvalue weighted by Crippen LogP contribution is -2.49. The Balaban J connectivity index is 0.000000771. The van der Waals surface area contributed by atoms with Crippen LogP contribution in [0, 0.1) is 0 Å². The molecule has 2 aliphatic heterocycles. The summed E-state index contributed by atoms with van der Waals surface area (Å²) in [7, 11) is 0. The second kappa shape index (κ2) is 6.88. The van der Waals surface area contributed by atoms with Gasteiger partial charge in [-0.25, -0.2) is 0 Å². The SMILES string of the molecule is CC.CC(C)N1CCC2(CC1)CN(C(C)C)CO2. The highest BCUT2D eigenvalue weighted by Gasteiger charge is 2.42. The third-order valence-corrected chi connectivity index (χ3v) is 4.20. The lowest BCUT2D eigenvalue weighted by molar-refractivity contribution is -0.0446. The van der Waals surface area contributed by atoms with Crippen molar-refractivity contribution < 1.29 is 4.74 Å². The maximum Gasteiger partial charge on any atom is 0.100 e. The van der Waals surface area contributed by atoms with Gasteiger partial charge in [0, 0.05) is 31.7 Å². The zero-order valence-electron chi connectivity index (χ0n) is 13.2. The molecule has 0 aliphatic carbocycles. The summed E-state index contributed by atoms with van der Waals surface area (Å²) in [6.07, 6.45) is 2.41. The number of nitrogens with zero attached hydrogens (tertiary/aromatic N) is 2. The van der Waals surface area contributed by atoms with E-state index in [1.165, 1.54) is 25.9 Å². The molecule has 0 bridgehead atoms. The van der Waals surface area contributed by atoms with E-state index in [2.05, 4.69) is 37.5 Å². The fraction of sp³-hybridized carbons (Fsp3) is 1.00. The molecule has 2 heterocycles. The standard InChI is InChI=1S/C13H26N2O.C2H6/c1-11(2)14-7-5-13(6-8-14)9-15(10-16-13)12(3)4;1-2/h11-12H,5-10H2,1-4H3;1-2H3. The molecule has 0 aromatic carbocycles. The number of hydrogen-bond donors (Lipinski definition) is 0. The van der Waals surface area contributed by atoms with Gasteiger partial charge >= 0.3 is 0 Å². The van der Waals surface area contributed by atoms with Crippen molar-refractivity contribution in [1.82, 2.24) is 9.80 Å². The van der Waals surface area contributed by atoms with Crippen molar-refractivity contribution in [2.75, 3.05) is 26.4 Å². The summed E-state index contributed by atoms with van der Waals surface area (Å²) in [6.45, 7) is 17.4. The molecule has 2 aliphatic rings. The van der Waals surface area contributed by atoms with E-state index in [0.29, 0.717) is 12.1 Å². The van der Waals surface area contributed by atoms with Crippen LogP contribution in [-0.2, 0) is 4.74 Å². The van der Waals surface area contributed by atoms with E-state index in [1.807, 2.05) is 13.8 Å².